The van der Waals surface area contributed by atoms with Crippen molar-refractivity contribution in [1.82, 2.24) is 15.5 Å². The standard InChI is InChI=1S/C10H15N3/c1-2-7-6-11-10(8(7)3-1)9-4-5-12-13-9/h4-5,7-8,10-11H,1-3,6H2,(H,12,13). The third-order valence-corrected chi connectivity index (χ3v) is 3.60. The van der Waals surface area contributed by atoms with Crippen LogP contribution in [-0.2, 0) is 0 Å². The van der Waals surface area contributed by atoms with E-state index in [2.05, 4.69) is 21.6 Å². The zero-order valence-corrected chi connectivity index (χ0v) is 7.66. The second-order valence-electron chi connectivity index (χ2n) is 4.25. The molecule has 13 heavy (non-hydrogen) atoms. The number of nitrogens with zero attached hydrogens (tertiary/aromatic N) is 1. The normalized spacial score (nSPS) is 38.0. The molecule has 2 fully saturated rings. The van der Waals surface area contributed by atoms with E-state index in [-0.39, 0.29) is 0 Å². The van der Waals surface area contributed by atoms with Gasteiger partial charge in [0.15, 0.2) is 0 Å². The average Bonchev–Trinajstić information content (AvgIpc) is 2.79. The van der Waals surface area contributed by atoms with Crippen molar-refractivity contribution in [2.45, 2.75) is 25.3 Å². The van der Waals surface area contributed by atoms with E-state index in [4.69, 9.17) is 0 Å². The summed E-state index contributed by atoms with van der Waals surface area (Å²) >= 11 is 0. The number of aromatic amines is 1. The Morgan fingerprint density at radius 3 is 3.23 bits per heavy atom. The topological polar surface area (TPSA) is 40.7 Å². The second kappa shape index (κ2) is 2.84. The number of nitrogens with one attached hydrogen (secondary N) is 2. The molecule has 1 saturated heterocycles. The molecule has 1 aromatic rings. The molecule has 1 aliphatic heterocycles. The predicted molar refractivity (Wildman–Crippen MR) is 50.2 cm³/mol. The maximum absolute atomic E-state index is 4.02. The van der Waals surface area contributed by atoms with Crippen LogP contribution in [-0.4, -0.2) is 16.7 Å². The van der Waals surface area contributed by atoms with E-state index < -0.39 is 0 Å². The summed E-state index contributed by atoms with van der Waals surface area (Å²) in [5.74, 6) is 1.79. The maximum Gasteiger partial charge on any atom is 0.0524 e. The Bertz CT molecular complexity index is 280. The van der Waals surface area contributed by atoms with Crippen molar-refractivity contribution in [1.29, 1.82) is 0 Å². The molecule has 0 bridgehead atoms. The lowest BCUT2D eigenvalue weighted by Crippen LogP contribution is -2.18. The quantitative estimate of drug-likeness (QED) is 0.682. The molecular weight excluding hydrogens is 162 g/mol. The number of hydrogen-bond donors (Lipinski definition) is 2. The van der Waals surface area contributed by atoms with Crippen LogP contribution in [0.15, 0.2) is 12.3 Å². The highest BCUT2D eigenvalue weighted by atomic mass is 15.1. The molecule has 2 heterocycles. The van der Waals surface area contributed by atoms with E-state index in [9.17, 15) is 0 Å². The fourth-order valence-corrected chi connectivity index (χ4v) is 2.97. The molecule has 3 unspecified atom stereocenters. The Morgan fingerprint density at radius 1 is 1.38 bits per heavy atom. The van der Waals surface area contributed by atoms with Gasteiger partial charge in [0.1, 0.15) is 0 Å². The van der Waals surface area contributed by atoms with E-state index in [0.717, 1.165) is 11.8 Å². The first-order chi connectivity index (χ1) is 6.45. The summed E-state index contributed by atoms with van der Waals surface area (Å²) in [4.78, 5) is 0. The number of aromatic nitrogens is 2. The van der Waals surface area contributed by atoms with Gasteiger partial charge in [0.2, 0.25) is 0 Å². The van der Waals surface area contributed by atoms with Crippen molar-refractivity contribution in [3.63, 3.8) is 0 Å². The zero-order valence-electron chi connectivity index (χ0n) is 7.66. The molecule has 0 radical (unpaired) electrons. The number of rotatable bonds is 1. The van der Waals surface area contributed by atoms with Crippen molar-refractivity contribution in [3.05, 3.63) is 18.0 Å². The van der Waals surface area contributed by atoms with Gasteiger partial charge in [-0.3, -0.25) is 5.10 Å². The van der Waals surface area contributed by atoms with E-state index in [0.29, 0.717) is 6.04 Å². The predicted octanol–water partition coefficient (Wildman–Crippen LogP) is 1.47. The van der Waals surface area contributed by atoms with Crippen LogP contribution in [0.4, 0.5) is 0 Å². The lowest BCUT2D eigenvalue weighted by Gasteiger charge is -2.15. The summed E-state index contributed by atoms with van der Waals surface area (Å²) in [5.41, 5.74) is 1.27. The van der Waals surface area contributed by atoms with Crippen LogP contribution in [0.5, 0.6) is 0 Å². The molecule has 1 aliphatic carbocycles. The molecule has 3 heteroatoms. The summed E-state index contributed by atoms with van der Waals surface area (Å²) < 4.78 is 0. The molecule has 70 valence electrons. The molecule has 2 aliphatic rings. The first-order valence-electron chi connectivity index (χ1n) is 5.18. The molecule has 1 aromatic heterocycles. The Morgan fingerprint density at radius 2 is 2.38 bits per heavy atom. The molecule has 0 spiro atoms. The van der Waals surface area contributed by atoms with E-state index in [1.54, 1.807) is 0 Å². The third kappa shape index (κ3) is 1.10. The molecule has 0 amide bonds. The highest BCUT2D eigenvalue weighted by Crippen LogP contribution is 2.43. The first kappa shape index (κ1) is 7.56. The summed E-state index contributed by atoms with van der Waals surface area (Å²) in [6.07, 6.45) is 6.07. The summed E-state index contributed by atoms with van der Waals surface area (Å²) in [5, 5.41) is 10.7. The second-order valence-corrected chi connectivity index (χ2v) is 4.25. The minimum atomic E-state index is 0.551. The van der Waals surface area contributed by atoms with Crippen LogP contribution in [0.25, 0.3) is 0 Å². The minimum Gasteiger partial charge on any atom is -0.308 e. The van der Waals surface area contributed by atoms with Gasteiger partial charge in [-0.1, -0.05) is 6.42 Å². The van der Waals surface area contributed by atoms with Gasteiger partial charge in [0.25, 0.3) is 0 Å². The Labute approximate surface area is 77.9 Å². The first-order valence-corrected chi connectivity index (χ1v) is 5.18. The number of H-pyrrole nitrogens is 1. The van der Waals surface area contributed by atoms with Crippen LogP contribution >= 0.6 is 0 Å². The summed E-state index contributed by atoms with van der Waals surface area (Å²) in [6, 6.07) is 2.65. The fraction of sp³-hybridized carbons (Fsp3) is 0.700. The summed E-state index contributed by atoms with van der Waals surface area (Å²) in [7, 11) is 0. The van der Waals surface area contributed by atoms with E-state index in [1.807, 2.05) is 6.20 Å². The van der Waals surface area contributed by atoms with Crippen LogP contribution in [0.2, 0.25) is 0 Å². The van der Waals surface area contributed by atoms with Gasteiger partial charge >= 0.3 is 0 Å². The van der Waals surface area contributed by atoms with Gasteiger partial charge in [0.05, 0.1) is 11.7 Å². The molecule has 3 rings (SSSR count). The van der Waals surface area contributed by atoms with Crippen molar-refractivity contribution in [3.8, 4) is 0 Å². The van der Waals surface area contributed by atoms with Gasteiger partial charge in [-0.15, -0.1) is 0 Å². The minimum absolute atomic E-state index is 0.551. The van der Waals surface area contributed by atoms with Gasteiger partial charge in [-0.05, 0) is 37.3 Å². The third-order valence-electron chi connectivity index (χ3n) is 3.60. The average molecular weight is 177 g/mol. The Balaban J connectivity index is 1.86. The molecule has 0 aromatic carbocycles. The Hall–Kier alpha value is -0.830. The summed E-state index contributed by atoms with van der Waals surface area (Å²) in [6.45, 7) is 1.20. The van der Waals surface area contributed by atoms with Crippen molar-refractivity contribution >= 4 is 0 Å². The number of hydrogen-bond acceptors (Lipinski definition) is 2. The van der Waals surface area contributed by atoms with Crippen molar-refractivity contribution in [2.75, 3.05) is 6.54 Å². The van der Waals surface area contributed by atoms with Crippen LogP contribution in [0.3, 0.4) is 0 Å². The van der Waals surface area contributed by atoms with Gasteiger partial charge in [-0.2, -0.15) is 5.10 Å². The molecule has 1 saturated carbocycles. The van der Waals surface area contributed by atoms with Crippen molar-refractivity contribution in [2.24, 2.45) is 11.8 Å². The highest BCUT2D eigenvalue weighted by molar-refractivity contribution is 5.11. The zero-order chi connectivity index (χ0) is 8.67. The molecule has 3 atom stereocenters. The monoisotopic (exact) mass is 177 g/mol. The maximum atomic E-state index is 4.02. The van der Waals surface area contributed by atoms with Gasteiger partial charge in [0, 0.05) is 6.20 Å². The van der Waals surface area contributed by atoms with Gasteiger partial charge < -0.3 is 5.32 Å². The number of fused-ring (bicyclic) bond motifs is 1. The van der Waals surface area contributed by atoms with Crippen LogP contribution < -0.4 is 5.32 Å². The van der Waals surface area contributed by atoms with Crippen LogP contribution in [0, 0.1) is 11.8 Å². The highest BCUT2D eigenvalue weighted by Gasteiger charge is 2.39. The van der Waals surface area contributed by atoms with Crippen LogP contribution in [0.1, 0.15) is 31.0 Å². The van der Waals surface area contributed by atoms with E-state index >= 15 is 0 Å². The SMILES string of the molecule is c1cc(C2NCC3CCCC32)[nH]n1. The van der Waals surface area contributed by atoms with Gasteiger partial charge in [-0.25, -0.2) is 0 Å². The van der Waals surface area contributed by atoms with E-state index in [1.165, 1.54) is 31.5 Å². The Kier molecular flexibility index (Phi) is 1.65. The van der Waals surface area contributed by atoms with Crippen molar-refractivity contribution < 1.29 is 0 Å². The smallest absolute Gasteiger partial charge is 0.0524 e. The lowest BCUT2D eigenvalue weighted by atomic mass is 9.92. The lowest BCUT2D eigenvalue weighted by molar-refractivity contribution is 0.415. The fourth-order valence-electron chi connectivity index (χ4n) is 2.97. The largest absolute Gasteiger partial charge is 0.308 e. The molecule has 2 N–H and O–H groups in total. The molecule has 3 nitrogen and oxygen atoms in total. The molecular formula is C10H15N3.